The minimum Gasteiger partial charge on any atom is -0.312 e. The van der Waals surface area contributed by atoms with Gasteiger partial charge in [0.05, 0.1) is 21.8 Å². The fourth-order valence-corrected chi connectivity index (χ4v) is 4.90. The summed E-state index contributed by atoms with van der Waals surface area (Å²) in [6.45, 7) is 6.65. The van der Waals surface area contributed by atoms with Gasteiger partial charge in [-0.1, -0.05) is 29.3 Å². The maximum Gasteiger partial charge on any atom is 0.173 e. The molecular formula is C23H25Cl2F2N3OS. The van der Waals surface area contributed by atoms with E-state index in [9.17, 15) is 13.6 Å². The van der Waals surface area contributed by atoms with Crippen molar-refractivity contribution in [1.29, 1.82) is 0 Å². The number of halogens is 4. The first-order valence-electron chi connectivity index (χ1n) is 10.1. The number of rotatable bonds is 8. The molecule has 1 aromatic carbocycles. The Kier molecular flexibility index (Phi) is 7.76. The summed E-state index contributed by atoms with van der Waals surface area (Å²) in [5, 5.41) is 7.99. The summed E-state index contributed by atoms with van der Waals surface area (Å²) >= 11 is 13.9. The fraction of sp³-hybridized carbons (Fsp3) is 0.391. The first-order chi connectivity index (χ1) is 14.9. The van der Waals surface area contributed by atoms with Gasteiger partial charge >= 0.3 is 0 Å². The van der Waals surface area contributed by atoms with Crippen LogP contribution >= 0.6 is 34.5 Å². The second kappa shape index (κ2) is 10.00. The van der Waals surface area contributed by atoms with Crippen molar-refractivity contribution in [3.8, 4) is 11.3 Å². The summed E-state index contributed by atoms with van der Waals surface area (Å²) in [6.07, 6.45) is 2.20. The molecule has 0 radical (unpaired) electrons. The molecule has 1 atom stereocenters. The van der Waals surface area contributed by atoms with Crippen molar-refractivity contribution in [3.05, 3.63) is 61.9 Å². The number of hydrogen-bond donors (Lipinski definition) is 1. The monoisotopic (exact) mass is 499 g/mol. The van der Waals surface area contributed by atoms with Gasteiger partial charge in [-0.2, -0.15) is 5.10 Å². The number of Topliss-reactive ketones (excluding diaryl/α,β-unsaturated/α-hetero) is 1. The Morgan fingerprint density at radius 3 is 2.53 bits per heavy atom. The van der Waals surface area contributed by atoms with E-state index in [0.29, 0.717) is 44.0 Å². The lowest BCUT2D eigenvalue weighted by Gasteiger charge is -2.25. The molecule has 0 aliphatic heterocycles. The van der Waals surface area contributed by atoms with Gasteiger partial charge in [-0.25, -0.2) is 8.78 Å². The Labute approximate surface area is 200 Å². The van der Waals surface area contributed by atoms with Crippen molar-refractivity contribution in [2.45, 2.75) is 39.2 Å². The highest BCUT2D eigenvalue weighted by atomic mass is 35.5. The van der Waals surface area contributed by atoms with E-state index < -0.39 is 11.6 Å². The molecule has 4 nitrogen and oxygen atoms in total. The number of hydrogen-bond acceptors (Lipinski definition) is 4. The number of thiophene rings is 1. The van der Waals surface area contributed by atoms with Crippen molar-refractivity contribution in [2.24, 2.45) is 13.0 Å². The zero-order valence-electron chi connectivity index (χ0n) is 18.3. The molecule has 1 N–H and O–H groups in total. The van der Waals surface area contributed by atoms with Crippen LogP contribution in [0.1, 0.15) is 42.4 Å². The van der Waals surface area contributed by atoms with Crippen LogP contribution in [0.15, 0.2) is 30.5 Å². The molecule has 2 aromatic heterocycles. The SMILES string of the molecule is Cn1ncc(Cl)c1-c1cc(C(=O)C[C@H](CNC(C)(C)C)Cc2ccc(F)c(F)c2)sc1Cl. The van der Waals surface area contributed by atoms with E-state index in [1.165, 1.54) is 23.6 Å². The second-order valence-electron chi connectivity index (χ2n) is 8.84. The van der Waals surface area contributed by atoms with Crippen LogP contribution in [-0.4, -0.2) is 27.6 Å². The Hall–Kier alpha value is -1.80. The molecular weight excluding hydrogens is 475 g/mol. The minimum atomic E-state index is -0.890. The van der Waals surface area contributed by atoms with Crippen LogP contribution in [0.3, 0.4) is 0 Å². The number of carbonyl (C=O) groups is 1. The van der Waals surface area contributed by atoms with E-state index in [4.69, 9.17) is 23.2 Å². The zero-order chi connectivity index (χ0) is 23.6. The summed E-state index contributed by atoms with van der Waals surface area (Å²) in [5.74, 6) is -1.95. The van der Waals surface area contributed by atoms with Crippen molar-refractivity contribution in [3.63, 3.8) is 0 Å². The highest BCUT2D eigenvalue weighted by Crippen LogP contribution is 2.39. The second-order valence-corrected chi connectivity index (χ2v) is 10.9. The first kappa shape index (κ1) is 24.8. The lowest BCUT2D eigenvalue weighted by atomic mass is 9.92. The van der Waals surface area contributed by atoms with Gasteiger partial charge < -0.3 is 5.32 Å². The van der Waals surface area contributed by atoms with Crippen molar-refractivity contribution in [2.75, 3.05) is 6.54 Å². The fourth-order valence-electron chi connectivity index (χ4n) is 3.41. The van der Waals surface area contributed by atoms with Crippen LogP contribution in [0.25, 0.3) is 11.3 Å². The van der Waals surface area contributed by atoms with Crippen LogP contribution in [0.4, 0.5) is 8.78 Å². The molecule has 3 rings (SSSR count). The molecule has 0 saturated heterocycles. The topological polar surface area (TPSA) is 46.9 Å². The standard InChI is InChI=1S/C23H25Cl2F2N3OS/c1-23(2,3)28-11-14(7-13-5-6-17(26)18(27)8-13)9-19(31)20-10-15(22(25)32-20)21-16(24)12-29-30(21)4/h5-6,8,10,12,14,28H,7,9,11H2,1-4H3/t14-/m1/s1. The lowest BCUT2D eigenvalue weighted by molar-refractivity contribution is 0.0962. The Morgan fingerprint density at radius 1 is 1.22 bits per heavy atom. The maximum atomic E-state index is 13.7. The molecule has 172 valence electrons. The number of ketones is 1. The molecule has 0 saturated carbocycles. The molecule has 0 unspecified atom stereocenters. The molecule has 9 heteroatoms. The summed E-state index contributed by atoms with van der Waals surface area (Å²) < 4.78 is 29.1. The predicted molar refractivity (Wildman–Crippen MR) is 127 cm³/mol. The number of benzene rings is 1. The van der Waals surface area contributed by atoms with Gasteiger partial charge in [-0.15, -0.1) is 11.3 Å². The first-order valence-corrected chi connectivity index (χ1v) is 11.7. The maximum absolute atomic E-state index is 13.7. The third kappa shape index (κ3) is 6.16. The summed E-state index contributed by atoms with van der Waals surface area (Å²) in [7, 11) is 1.76. The third-order valence-electron chi connectivity index (χ3n) is 5.01. The molecule has 0 fully saturated rings. The van der Waals surface area contributed by atoms with Crippen LogP contribution < -0.4 is 5.32 Å². The van der Waals surface area contributed by atoms with Gasteiger partial charge in [0.15, 0.2) is 17.4 Å². The lowest BCUT2D eigenvalue weighted by Crippen LogP contribution is -2.40. The van der Waals surface area contributed by atoms with Gasteiger partial charge in [0.25, 0.3) is 0 Å². The Balaban J connectivity index is 1.81. The quantitative estimate of drug-likeness (QED) is 0.357. The molecule has 2 heterocycles. The Bertz CT molecular complexity index is 1100. The molecule has 0 aliphatic rings. The minimum absolute atomic E-state index is 0.0651. The van der Waals surface area contributed by atoms with Gasteiger partial charge in [-0.05, 0) is 63.4 Å². The third-order valence-corrected chi connectivity index (χ3v) is 6.69. The summed E-state index contributed by atoms with van der Waals surface area (Å²) in [4.78, 5) is 13.7. The van der Waals surface area contributed by atoms with E-state index in [0.717, 1.165) is 6.07 Å². The highest BCUT2D eigenvalue weighted by Gasteiger charge is 2.23. The number of aromatic nitrogens is 2. The number of carbonyl (C=O) groups excluding carboxylic acids is 1. The molecule has 0 aliphatic carbocycles. The van der Waals surface area contributed by atoms with Gasteiger partial charge in [0, 0.05) is 24.6 Å². The van der Waals surface area contributed by atoms with E-state index >= 15 is 0 Å². The van der Waals surface area contributed by atoms with Crippen molar-refractivity contribution >= 4 is 40.3 Å². The van der Waals surface area contributed by atoms with E-state index in [1.807, 2.05) is 20.8 Å². The number of aryl methyl sites for hydroxylation is 1. The zero-order valence-corrected chi connectivity index (χ0v) is 20.6. The van der Waals surface area contributed by atoms with E-state index in [2.05, 4.69) is 10.4 Å². The van der Waals surface area contributed by atoms with Crippen LogP contribution in [0.5, 0.6) is 0 Å². The number of nitrogens with one attached hydrogen (secondary N) is 1. The molecule has 0 amide bonds. The normalized spacial score (nSPS) is 12.9. The summed E-state index contributed by atoms with van der Waals surface area (Å²) in [6, 6.07) is 5.60. The van der Waals surface area contributed by atoms with Crippen LogP contribution in [0, 0.1) is 17.6 Å². The van der Waals surface area contributed by atoms with Crippen LogP contribution in [0.2, 0.25) is 9.36 Å². The smallest absolute Gasteiger partial charge is 0.173 e. The predicted octanol–water partition coefficient (Wildman–Crippen LogP) is 6.55. The summed E-state index contributed by atoms with van der Waals surface area (Å²) in [5.41, 5.74) is 1.81. The van der Waals surface area contributed by atoms with E-state index in [-0.39, 0.29) is 23.7 Å². The molecule has 32 heavy (non-hydrogen) atoms. The van der Waals surface area contributed by atoms with E-state index in [1.54, 1.807) is 23.9 Å². The molecule has 0 bridgehead atoms. The molecule has 3 aromatic rings. The van der Waals surface area contributed by atoms with Gasteiger partial charge in [0.1, 0.15) is 4.34 Å². The average molecular weight is 500 g/mol. The largest absolute Gasteiger partial charge is 0.312 e. The highest BCUT2D eigenvalue weighted by molar-refractivity contribution is 7.18. The van der Waals surface area contributed by atoms with Crippen molar-refractivity contribution in [1.82, 2.24) is 15.1 Å². The molecule has 0 spiro atoms. The van der Waals surface area contributed by atoms with Gasteiger partial charge in [0.2, 0.25) is 0 Å². The Morgan fingerprint density at radius 2 is 1.94 bits per heavy atom. The van der Waals surface area contributed by atoms with Crippen LogP contribution in [-0.2, 0) is 13.5 Å². The van der Waals surface area contributed by atoms with Gasteiger partial charge in [-0.3, -0.25) is 9.48 Å². The number of nitrogens with zero attached hydrogens (tertiary/aromatic N) is 2. The van der Waals surface area contributed by atoms with Crippen molar-refractivity contribution < 1.29 is 13.6 Å². The average Bonchev–Trinajstić information content (AvgIpc) is 3.23.